The lowest BCUT2D eigenvalue weighted by molar-refractivity contribution is -0.122. The largest absolute Gasteiger partial charge is 0.369 e. The van der Waals surface area contributed by atoms with E-state index < -0.39 is 0 Å². The summed E-state index contributed by atoms with van der Waals surface area (Å²) >= 11 is 0. The molecule has 1 amide bonds. The van der Waals surface area contributed by atoms with Gasteiger partial charge in [0, 0.05) is 31.9 Å². The van der Waals surface area contributed by atoms with Gasteiger partial charge in [0.05, 0.1) is 6.04 Å². The molecule has 0 radical (unpaired) electrons. The van der Waals surface area contributed by atoms with E-state index in [1.807, 2.05) is 6.92 Å². The molecule has 1 atom stereocenters. The third-order valence-electron chi connectivity index (χ3n) is 3.64. The molecule has 1 aliphatic rings. The molecule has 0 unspecified atom stereocenters. The Balaban J connectivity index is 1.96. The second kappa shape index (κ2) is 5.40. The molecule has 18 heavy (non-hydrogen) atoms. The molecule has 1 aromatic carbocycles. The second-order valence-corrected chi connectivity index (χ2v) is 4.94. The smallest absolute Gasteiger partial charge is 0.234 e. The molecule has 4 heteroatoms. The highest BCUT2D eigenvalue weighted by Crippen LogP contribution is 2.18. The second-order valence-electron chi connectivity index (χ2n) is 4.94. The SMILES string of the molecule is Cc1cccc(N2CCN([C@@H](C)C(N)=O)CC2)c1. The van der Waals surface area contributed by atoms with Crippen LogP contribution in [0.25, 0.3) is 0 Å². The Bertz CT molecular complexity index is 425. The van der Waals surface area contributed by atoms with Gasteiger partial charge in [-0.15, -0.1) is 0 Å². The van der Waals surface area contributed by atoms with Gasteiger partial charge in [-0.05, 0) is 31.5 Å². The van der Waals surface area contributed by atoms with E-state index in [0.29, 0.717) is 0 Å². The van der Waals surface area contributed by atoms with Crippen LogP contribution in [0, 0.1) is 6.92 Å². The van der Waals surface area contributed by atoms with Gasteiger partial charge < -0.3 is 10.6 Å². The maximum Gasteiger partial charge on any atom is 0.234 e. The van der Waals surface area contributed by atoms with Gasteiger partial charge in [0.15, 0.2) is 0 Å². The van der Waals surface area contributed by atoms with Crippen molar-refractivity contribution in [3.8, 4) is 0 Å². The summed E-state index contributed by atoms with van der Waals surface area (Å²) in [7, 11) is 0. The van der Waals surface area contributed by atoms with Crippen molar-refractivity contribution in [1.29, 1.82) is 0 Å². The van der Waals surface area contributed by atoms with Gasteiger partial charge in [-0.3, -0.25) is 9.69 Å². The topological polar surface area (TPSA) is 49.6 Å². The Morgan fingerprint density at radius 1 is 1.28 bits per heavy atom. The summed E-state index contributed by atoms with van der Waals surface area (Å²) in [5, 5.41) is 0. The van der Waals surface area contributed by atoms with Gasteiger partial charge in [-0.25, -0.2) is 0 Å². The fourth-order valence-corrected chi connectivity index (χ4v) is 2.37. The molecule has 98 valence electrons. The lowest BCUT2D eigenvalue weighted by Crippen LogP contribution is -2.53. The summed E-state index contributed by atoms with van der Waals surface area (Å²) in [6.45, 7) is 7.65. The molecular formula is C14H21N3O. The molecule has 1 heterocycles. The number of aryl methyl sites for hydroxylation is 1. The van der Waals surface area contributed by atoms with E-state index in [1.165, 1.54) is 11.3 Å². The van der Waals surface area contributed by atoms with Gasteiger partial charge in [0.25, 0.3) is 0 Å². The Hall–Kier alpha value is -1.55. The summed E-state index contributed by atoms with van der Waals surface area (Å²) in [5.41, 5.74) is 7.88. The first-order valence-corrected chi connectivity index (χ1v) is 6.43. The first-order chi connectivity index (χ1) is 8.58. The Labute approximate surface area is 108 Å². The summed E-state index contributed by atoms with van der Waals surface area (Å²) in [4.78, 5) is 15.7. The van der Waals surface area contributed by atoms with Crippen LogP contribution < -0.4 is 10.6 Å². The van der Waals surface area contributed by atoms with Crippen molar-refractivity contribution in [1.82, 2.24) is 4.90 Å². The molecule has 2 rings (SSSR count). The van der Waals surface area contributed by atoms with Crippen molar-refractivity contribution in [2.75, 3.05) is 31.1 Å². The predicted octanol–water partition coefficient (Wildman–Crippen LogP) is 0.991. The zero-order chi connectivity index (χ0) is 13.1. The van der Waals surface area contributed by atoms with Crippen LogP contribution >= 0.6 is 0 Å². The van der Waals surface area contributed by atoms with Crippen molar-refractivity contribution >= 4 is 11.6 Å². The number of piperazine rings is 1. The molecule has 0 aromatic heterocycles. The fourth-order valence-electron chi connectivity index (χ4n) is 2.37. The van der Waals surface area contributed by atoms with Gasteiger partial charge in [-0.1, -0.05) is 12.1 Å². The van der Waals surface area contributed by atoms with Crippen LogP contribution in [-0.4, -0.2) is 43.0 Å². The van der Waals surface area contributed by atoms with Crippen molar-refractivity contribution in [2.24, 2.45) is 5.73 Å². The Kier molecular flexibility index (Phi) is 3.87. The van der Waals surface area contributed by atoms with Crippen LogP contribution in [0.3, 0.4) is 0 Å². The average molecular weight is 247 g/mol. The van der Waals surface area contributed by atoms with E-state index in [1.54, 1.807) is 0 Å². The molecule has 0 spiro atoms. The maximum absolute atomic E-state index is 11.2. The summed E-state index contributed by atoms with van der Waals surface area (Å²) in [5.74, 6) is -0.237. The molecule has 1 aromatic rings. The van der Waals surface area contributed by atoms with Crippen LogP contribution in [0.4, 0.5) is 5.69 Å². The first kappa shape index (κ1) is 12.9. The molecule has 1 saturated heterocycles. The lowest BCUT2D eigenvalue weighted by atomic mass is 10.1. The first-order valence-electron chi connectivity index (χ1n) is 6.43. The molecule has 2 N–H and O–H groups in total. The molecule has 0 saturated carbocycles. The third-order valence-corrected chi connectivity index (χ3v) is 3.64. The van der Waals surface area contributed by atoms with Crippen molar-refractivity contribution in [3.05, 3.63) is 29.8 Å². The van der Waals surface area contributed by atoms with Crippen LogP contribution in [0.15, 0.2) is 24.3 Å². The molecule has 1 fully saturated rings. The number of primary amides is 1. The van der Waals surface area contributed by atoms with Crippen molar-refractivity contribution < 1.29 is 4.79 Å². The summed E-state index contributed by atoms with van der Waals surface area (Å²) in [6.07, 6.45) is 0. The minimum Gasteiger partial charge on any atom is -0.369 e. The molecule has 0 aliphatic carbocycles. The molecular weight excluding hydrogens is 226 g/mol. The zero-order valence-electron chi connectivity index (χ0n) is 11.1. The summed E-state index contributed by atoms with van der Waals surface area (Å²) < 4.78 is 0. The number of benzene rings is 1. The van der Waals surface area contributed by atoms with E-state index in [0.717, 1.165) is 26.2 Å². The van der Waals surface area contributed by atoms with Gasteiger partial charge in [0.2, 0.25) is 5.91 Å². The number of hydrogen-bond acceptors (Lipinski definition) is 3. The Morgan fingerprint density at radius 2 is 1.94 bits per heavy atom. The van der Waals surface area contributed by atoms with Crippen molar-refractivity contribution in [2.45, 2.75) is 19.9 Å². The normalized spacial score (nSPS) is 18.7. The van der Waals surface area contributed by atoms with E-state index in [2.05, 4.69) is 41.0 Å². The van der Waals surface area contributed by atoms with E-state index in [4.69, 9.17) is 5.73 Å². The average Bonchev–Trinajstić information content (AvgIpc) is 2.38. The van der Waals surface area contributed by atoms with Crippen LogP contribution in [0.5, 0.6) is 0 Å². The predicted molar refractivity (Wildman–Crippen MR) is 73.6 cm³/mol. The number of amides is 1. The Morgan fingerprint density at radius 3 is 2.50 bits per heavy atom. The number of carbonyl (C=O) groups is 1. The number of nitrogens with two attached hydrogens (primary N) is 1. The van der Waals surface area contributed by atoms with Crippen LogP contribution in [0.2, 0.25) is 0 Å². The quantitative estimate of drug-likeness (QED) is 0.866. The van der Waals surface area contributed by atoms with Gasteiger partial charge in [0.1, 0.15) is 0 Å². The number of nitrogens with zero attached hydrogens (tertiary/aromatic N) is 2. The van der Waals surface area contributed by atoms with E-state index >= 15 is 0 Å². The molecule has 0 bridgehead atoms. The maximum atomic E-state index is 11.2. The number of hydrogen-bond donors (Lipinski definition) is 1. The fraction of sp³-hybridized carbons (Fsp3) is 0.500. The minimum absolute atomic E-state index is 0.162. The van der Waals surface area contributed by atoms with Crippen LogP contribution in [-0.2, 0) is 4.79 Å². The number of anilines is 1. The highest BCUT2D eigenvalue weighted by atomic mass is 16.1. The lowest BCUT2D eigenvalue weighted by Gasteiger charge is -2.38. The zero-order valence-corrected chi connectivity index (χ0v) is 11.1. The standard InChI is InChI=1S/C14H21N3O/c1-11-4-3-5-13(10-11)17-8-6-16(7-9-17)12(2)14(15)18/h3-5,10,12H,6-9H2,1-2H3,(H2,15,18)/t12-/m0/s1. The highest BCUT2D eigenvalue weighted by molar-refractivity contribution is 5.79. The molecule has 4 nitrogen and oxygen atoms in total. The van der Waals surface area contributed by atoms with Crippen molar-refractivity contribution in [3.63, 3.8) is 0 Å². The summed E-state index contributed by atoms with van der Waals surface area (Å²) in [6, 6.07) is 8.37. The van der Waals surface area contributed by atoms with Gasteiger partial charge in [-0.2, -0.15) is 0 Å². The number of rotatable bonds is 3. The van der Waals surface area contributed by atoms with Crippen LogP contribution in [0.1, 0.15) is 12.5 Å². The van der Waals surface area contributed by atoms with E-state index in [9.17, 15) is 4.79 Å². The monoisotopic (exact) mass is 247 g/mol. The number of carbonyl (C=O) groups excluding carboxylic acids is 1. The minimum atomic E-state index is -0.237. The van der Waals surface area contributed by atoms with E-state index in [-0.39, 0.29) is 11.9 Å². The third kappa shape index (κ3) is 2.82. The van der Waals surface area contributed by atoms with Gasteiger partial charge >= 0.3 is 0 Å². The molecule has 1 aliphatic heterocycles. The highest BCUT2D eigenvalue weighted by Gasteiger charge is 2.23.